The lowest BCUT2D eigenvalue weighted by atomic mass is 10.1. The minimum atomic E-state index is 0.567. The van der Waals surface area contributed by atoms with E-state index in [0.29, 0.717) is 11.4 Å². The number of rotatable bonds is 5. The van der Waals surface area contributed by atoms with Gasteiger partial charge in [0.2, 0.25) is 0 Å². The highest BCUT2D eigenvalue weighted by molar-refractivity contribution is 5.51. The minimum Gasteiger partial charge on any atom is -0.497 e. The Morgan fingerprint density at radius 2 is 2.05 bits per heavy atom. The molecular formula is C15H15N3O. The Hall–Kier alpha value is -2.54. The van der Waals surface area contributed by atoms with Crippen molar-refractivity contribution >= 4 is 5.82 Å². The van der Waals surface area contributed by atoms with E-state index in [0.717, 1.165) is 18.7 Å². The Morgan fingerprint density at radius 1 is 1.26 bits per heavy atom. The van der Waals surface area contributed by atoms with E-state index < -0.39 is 0 Å². The van der Waals surface area contributed by atoms with Gasteiger partial charge in [0.25, 0.3) is 0 Å². The number of hydrogen-bond donors (Lipinski definition) is 1. The summed E-state index contributed by atoms with van der Waals surface area (Å²) in [5.41, 5.74) is 1.78. The number of methoxy groups -OCH3 is 1. The van der Waals surface area contributed by atoms with Crippen LogP contribution >= 0.6 is 0 Å². The number of benzene rings is 1. The molecule has 0 bridgehead atoms. The summed E-state index contributed by atoms with van der Waals surface area (Å²) in [6, 6.07) is 13.6. The lowest BCUT2D eigenvalue weighted by Crippen LogP contribution is -2.07. The molecule has 1 N–H and O–H groups in total. The fourth-order valence-electron chi connectivity index (χ4n) is 1.75. The molecule has 0 amide bonds. The third-order valence-electron chi connectivity index (χ3n) is 2.79. The monoisotopic (exact) mass is 253 g/mol. The van der Waals surface area contributed by atoms with Crippen molar-refractivity contribution < 1.29 is 4.74 Å². The Balaban J connectivity index is 1.91. The maximum absolute atomic E-state index is 8.95. The quantitative estimate of drug-likeness (QED) is 0.889. The van der Waals surface area contributed by atoms with Crippen LogP contribution in [0.15, 0.2) is 42.6 Å². The standard InChI is InChI=1S/C15H15N3O/c1-19-14-6-4-12(5-7-14)8-10-18-15-13(11-16)3-2-9-17-15/h2-7,9H,8,10H2,1H3,(H,17,18). The van der Waals surface area contributed by atoms with Crippen molar-refractivity contribution in [2.45, 2.75) is 6.42 Å². The maximum atomic E-state index is 8.95. The van der Waals surface area contributed by atoms with E-state index in [-0.39, 0.29) is 0 Å². The number of nitrogens with zero attached hydrogens (tertiary/aromatic N) is 2. The smallest absolute Gasteiger partial charge is 0.143 e. The van der Waals surface area contributed by atoms with Crippen molar-refractivity contribution in [3.8, 4) is 11.8 Å². The van der Waals surface area contributed by atoms with E-state index in [1.54, 1.807) is 25.4 Å². The summed E-state index contributed by atoms with van der Waals surface area (Å²) in [7, 11) is 1.65. The van der Waals surface area contributed by atoms with Gasteiger partial charge < -0.3 is 10.1 Å². The normalized spacial score (nSPS) is 9.68. The summed E-state index contributed by atoms with van der Waals surface area (Å²) in [5.74, 6) is 1.49. The van der Waals surface area contributed by atoms with E-state index >= 15 is 0 Å². The maximum Gasteiger partial charge on any atom is 0.143 e. The number of nitrogens with one attached hydrogen (secondary N) is 1. The molecule has 96 valence electrons. The second-order valence-electron chi connectivity index (χ2n) is 4.04. The van der Waals surface area contributed by atoms with Crippen molar-refractivity contribution in [2.24, 2.45) is 0 Å². The van der Waals surface area contributed by atoms with Gasteiger partial charge in [-0.2, -0.15) is 5.26 Å². The zero-order valence-corrected chi connectivity index (χ0v) is 10.8. The molecule has 0 radical (unpaired) electrons. The van der Waals surface area contributed by atoms with E-state index in [4.69, 9.17) is 10.00 Å². The second kappa shape index (κ2) is 6.41. The first kappa shape index (κ1) is 12.9. The van der Waals surface area contributed by atoms with Gasteiger partial charge in [0.1, 0.15) is 17.6 Å². The van der Waals surface area contributed by atoms with Crippen molar-refractivity contribution in [3.05, 3.63) is 53.7 Å². The Bertz CT molecular complexity index is 573. The van der Waals surface area contributed by atoms with Gasteiger partial charge >= 0.3 is 0 Å². The molecule has 0 unspecified atom stereocenters. The minimum absolute atomic E-state index is 0.567. The molecule has 2 rings (SSSR count). The first-order valence-electron chi connectivity index (χ1n) is 6.05. The van der Waals surface area contributed by atoms with E-state index in [1.165, 1.54) is 5.56 Å². The van der Waals surface area contributed by atoms with Crippen LogP contribution in [0, 0.1) is 11.3 Å². The van der Waals surface area contributed by atoms with E-state index in [2.05, 4.69) is 16.4 Å². The van der Waals surface area contributed by atoms with Gasteiger partial charge in [-0.25, -0.2) is 4.98 Å². The van der Waals surface area contributed by atoms with Gasteiger partial charge in [-0.1, -0.05) is 12.1 Å². The molecule has 0 saturated heterocycles. The van der Waals surface area contributed by atoms with Crippen LogP contribution in [0.4, 0.5) is 5.82 Å². The summed E-state index contributed by atoms with van der Waals surface area (Å²) in [5, 5.41) is 12.1. The van der Waals surface area contributed by atoms with Gasteiger partial charge in [0, 0.05) is 12.7 Å². The van der Waals surface area contributed by atoms with Gasteiger partial charge in [0.15, 0.2) is 0 Å². The van der Waals surface area contributed by atoms with Crippen LogP contribution in [-0.4, -0.2) is 18.6 Å². The predicted molar refractivity (Wildman–Crippen MR) is 74.1 cm³/mol. The molecule has 0 fully saturated rings. The van der Waals surface area contributed by atoms with E-state index in [1.807, 2.05) is 24.3 Å². The molecule has 1 aromatic heterocycles. The average Bonchev–Trinajstić information content (AvgIpc) is 2.48. The summed E-state index contributed by atoms with van der Waals surface area (Å²) >= 11 is 0. The topological polar surface area (TPSA) is 57.9 Å². The highest BCUT2D eigenvalue weighted by Crippen LogP contribution is 2.13. The Labute approximate surface area is 112 Å². The highest BCUT2D eigenvalue weighted by Gasteiger charge is 2.01. The highest BCUT2D eigenvalue weighted by atomic mass is 16.5. The van der Waals surface area contributed by atoms with Gasteiger partial charge in [0.05, 0.1) is 12.7 Å². The zero-order valence-electron chi connectivity index (χ0n) is 10.8. The number of hydrogen-bond acceptors (Lipinski definition) is 4. The summed E-state index contributed by atoms with van der Waals surface area (Å²) in [6.07, 6.45) is 2.54. The molecule has 0 saturated carbocycles. The number of nitriles is 1. The van der Waals surface area contributed by atoms with E-state index in [9.17, 15) is 0 Å². The summed E-state index contributed by atoms with van der Waals surface area (Å²) in [6.45, 7) is 0.734. The fraction of sp³-hybridized carbons (Fsp3) is 0.200. The van der Waals surface area contributed by atoms with Crippen LogP contribution in [0.5, 0.6) is 5.75 Å². The van der Waals surface area contributed by atoms with Gasteiger partial charge in [-0.3, -0.25) is 0 Å². The molecule has 0 aliphatic rings. The SMILES string of the molecule is COc1ccc(CCNc2ncccc2C#N)cc1. The van der Waals surface area contributed by atoms with Crippen molar-refractivity contribution in [1.29, 1.82) is 5.26 Å². The van der Waals surface area contributed by atoms with Gasteiger partial charge in [-0.05, 0) is 36.2 Å². The second-order valence-corrected chi connectivity index (χ2v) is 4.04. The molecule has 19 heavy (non-hydrogen) atoms. The van der Waals surface area contributed by atoms with Crippen LogP contribution < -0.4 is 10.1 Å². The van der Waals surface area contributed by atoms with Crippen LogP contribution in [-0.2, 0) is 6.42 Å². The number of ether oxygens (including phenoxy) is 1. The van der Waals surface area contributed by atoms with Crippen molar-refractivity contribution in [1.82, 2.24) is 4.98 Å². The summed E-state index contributed by atoms with van der Waals surface area (Å²) < 4.78 is 5.11. The fourth-order valence-corrected chi connectivity index (χ4v) is 1.75. The Kier molecular flexibility index (Phi) is 4.35. The largest absolute Gasteiger partial charge is 0.497 e. The molecule has 0 aliphatic heterocycles. The molecule has 1 heterocycles. The molecule has 0 aliphatic carbocycles. The molecular weight excluding hydrogens is 238 g/mol. The van der Waals surface area contributed by atoms with Crippen LogP contribution in [0.3, 0.4) is 0 Å². The van der Waals surface area contributed by atoms with Crippen LogP contribution in [0.1, 0.15) is 11.1 Å². The van der Waals surface area contributed by atoms with Gasteiger partial charge in [-0.15, -0.1) is 0 Å². The first-order valence-corrected chi connectivity index (χ1v) is 6.05. The predicted octanol–water partition coefficient (Wildman–Crippen LogP) is 2.62. The zero-order chi connectivity index (χ0) is 13.5. The number of anilines is 1. The van der Waals surface area contributed by atoms with Crippen molar-refractivity contribution in [2.75, 3.05) is 19.0 Å². The first-order chi connectivity index (χ1) is 9.33. The number of aromatic nitrogens is 1. The third kappa shape index (κ3) is 3.46. The lowest BCUT2D eigenvalue weighted by Gasteiger charge is -2.07. The van der Waals surface area contributed by atoms with Crippen LogP contribution in [0.25, 0.3) is 0 Å². The molecule has 4 nitrogen and oxygen atoms in total. The Morgan fingerprint density at radius 3 is 2.74 bits per heavy atom. The lowest BCUT2D eigenvalue weighted by molar-refractivity contribution is 0.414. The van der Waals surface area contributed by atoms with Crippen molar-refractivity contribution in [3.63, 3.8) is 0 Å². The third-order valence-corrected chi connectivity index (χ3v) is 2.79. The molecule has 0 spiro atoms. The average molecular weight is 253 g/mol. The molecule has 0 atom stereocenters. The molecule has 1 aromatic carbocycles. The molecule has 4 heteroatoms. The molecule has 2 aromatic rings. The number of pyridine rings is 1. The summed E-state index contributed by atoms with van der Waals surface area (Å²) in [4.78, 5) is 4.15. The van der Waals surface area contributed by atoms with Crippen LogP contribution in [0.2, 0.25) is 0 Å².